The maximum Gasteiger partial charge on any atom is 0.318 e. The third-order valence-corrected chi connectivity index (χ3v) is 4.38. The highest BCUT2D eigenvalue weighted by atomic mass is 16.2. The van der Waals surface area contributed by atoms with Crippen LogP contribution in [0.15, 0.2) is 36.8 Å². The van der Waals surface area contributed by atoms with Gasteiger partial charge in [0, 0.05) is 37.2 Å². The Morgan fingerprint density at radius 2 is 2.12 bits per heavy atom. The molecule has 1 aliphatic rings. The lowest BCUT2D eigenvalue weighted by Gasteiger charge is -2.22. The number of amides is 2. The fourth-order valence-electron chi connectivity index (χ4n) is 2.75. The number of aromatic nitrogens is 6. The lowest BCUT2D eigenvalue weighted by atomic mass is 10.2. The summed E-state index contributed by atoms with van der Waals surface area (Å²) >= 11 is 0. The number of pyridine rings is 1. The summed E-state index contributed by atoms with van der Waals surface area (Å²) in [4.78, 5) is 22.9. The highest BCUT2D eigenvalue weighted by Crippen LogP contribution is 2.28. The molecule has 2 N–H and O–H groups in total. The van der Waals surface area contributed by atoms with Crippen LogP contribution in [-0.4, -0.2) is 46.9 Å². The number of rotatable bonds is 6. The van der Waals surface area contributed by atoms with Crippen LogP contribution >= 0.6 is 0 Å². The fraction of sp³-hybridized carbons (Fsp3) is 0.353. The summed E-state index contributed by atoms with van der Waals surface area (Å²) in [5.74, 6) is 1.20. The van der Waals surface area contributed by atoms with Gasteiger partial charge < -0.3 is 10.2 Å². The van der Waals surface area contributed by atoms with E-state index in [2.05, 4.69) is 30.6 Å². The number of hydrogen-bond donors (Lipinski definition) is 2. The minimum atomic E-state index is -0.101. The Morgan fingerprint density at radius 3 is 2.81 bits per heavy atom. The zero-order chi connectivity index (χ0) is 17.9. The largest absolute Gasteiger partial charge is 0.331 e. The Balaban J connectivity index is 1.38. The van der Waals surface area contributed by atoms with Gasteiger partial charge in [0.25, 0.3) is 0 Å². The third-order valence-electron chi connectivity index (χ3n) is 4.38. The lowest BCUT2D eigenvalue weighted by molar-refractivity contribution is 0.189. The molecule has 2 amide bonds. The van der Waals surface area contributed by atoms with Crippen molar-refractivity contribution >= 4 is 6.03 Å². The zero-order valence-electron chi connectivity index (χ0n) is 14.5. The Kier molecular flexibility index (Phi) is 4.34. The topological polar surface area (TPSA) is 105 Å². The number of urea groups is 1. The third kappa shape index (κ3) is 3.56. The molecule has 26 heavy (non-hydrogen) atoms. The first-order chi connectivity index (χ1) is 12.7. The minimum absolute atomic E-state index is 0.101. The minimum Gasteiger partial charge on any atom is -0.331 e. The second kappa shape index (κ2) is 6.95. The summed E-state index contributed by atoms with van der Waals surface area (Å²) in [6.07, 6.45) is 7.21. The van der Waals surface area contributed by atoms with Crippen molar-refractivity contribution in [1.29, 1.82) is 0 Å². The predicted molar refractivity (Wildman–Crippen MR) is 93.6 cm³/mol. The van der Waals surface area contributed by atoms with Crippen LogP contribution in [0.3, 0.4) is 0 Å². The van der Waals surface area contributed by atoms with Crippen LogP contribution in [0.5, 0.6) is 0 Å². The molecule has 1 fully saturated rings. The van der Waals surface area contributed by atoms with Crippen LogP contribution in [0, 0.1) is 0 Å². The lowest BCUT2D eigenvalue weighted by Crippen LogP contribution is -2.41. The van der Waals surface area contributed by atoms with Crippen molar-refractivity contribution in [3.63, 3.8) is 0 Å². The van der Waals surface area contributed by atoms with Gasteiger partial charge in [-0.15, -0.1) is 0 Å². The van der Waals surface area contributed by atoms with E-state index in [0.29, 0.717) is 30.8 Å². The van der Waals surface area contributed by atoms with E-state index in [1.165, 1.54) is 0 Å². The molecule has 1 aliphatic carbocycles. The van der Waals surface area contributed by atoms with Crippen LogP contribution < -0.4 is 5.32 Å². The second-order valence-corrected chi connectivity index (χ2v) is 6.31. The summed E-state index contributed by atoms with van der Waals surface area (Å²) in [5, 5.41) is 14.2. The Bertz CT molecular complexity index is 883. The Morgan fingerprint density at radius 1 is 1.31 bits per heavy atom. The second-order valence-electron chi connectivity index (χ2n) is 6.31. The molecule has 0 spiro atoms. The van der Waals surface area contributed by atoms with Crippen molar-refractivity contribution in [2.24, 2.45) is 7.05 Å². The van der Waals surface area contributed by atoms with E-state index in [1.54, 1.807) is 23.3 Å². The van der Waals surface area contributed by atoms with Gasteiger partial charge in [0.15, 0.2) is 5.82 Å². The van der Waals surface area contributed by atoms with Crippen molar-refractivity contribution < 1.29 is 4.79 Å². The van der Waals surface area contributed by atoms with Crippen LogP contribution in [0.1, 0.15) is 24.4 Å². The van der Waals surface area contributed by atoms with E-state index < -0.39 is 0 Å². The molecule has 3 heterocycles. The van der Waals surface area contributed by atoms with E-state index in [-0.39, 0.29) is 6.03 Å². The number of carbonyl (C=O) groups excluding carboxylic acids is 1. The highest BCUT2D eigenvalue weighted by molar-refractivity contribution is 5.74. The average molecular weight is 352 g/mol. The standard InChI is InChI=1S/C17H20N8O/c1-24-14(6-9-20-24)11-25(13-2-3-13)17(26)19-10-15-21-16(23-22-15)12-4-7-18-8-5-12/h4-9,13H,2-3,10-11H2,1H3,(H,19,26)(H,21,22,23). The molecule has 9 nitrogen and oxygen atoms in total. The van der Waals surface area contributed by atoms with E-state index in [4.69, 9.17) is 0 Å². The number of nitrogens with one attached hydrogen (secondary N) is 2. The highest BCUT2D eigenvalue weighted by Gasteiger charge is 2.33. The first-order valence-corrected chi connectivity index (χ1v) is 8.54. The number of H-pyrrole nitrogens is 1. The molecule has 0 atom stereocenters. The fourth-order valence-corrected chi connectivity index (χ4v) is 2.75. The summed E-state index contributed by atoms with van der Waals surface area (Å²) in [7, 11) is 1.88. The van der Waals surface area contributed by atoms with E-state index in [0.717, 1.165) is 24.1 Å². The van der Waals surface area contributed by atoms with Gasteiger partial charge >= 0.3 is 6.03 Å². The Labute approximate surface area is 150 Å². The van der Waals surface area contributed by atoms with Crippen LogP contribution in [0.25, 0.3) is 11.4 Å². The van der Waals surface area contributed by atoms with Crippen LogP contribution in [0.4, 0.5) is 4.79 Å². The van der Waals surface area contributed by atoms with Crippen molar-refractivity contribution in [2.75, 3.05) is 0 Å². The monoisotopic (exact) mass is 352 g/mol. The maximum absolute atomic E-state index is 12.6. The molecule has 3 aromatic heterocycles. The van der Waals surface area contributed by atoms with Crippen LogP contribution in [-0.2, 0) is 20.1 Å². The van der Waals surface area contributed by atoms with E-state index >= 15 is 0 Å². The van der Waals surface area contributed by atoms with Crippen molar-refractivity contribution in [2.45, 2.75) is 32.0 Å². The first kappa shape index (κ1) is 16.2. The molecule has 0 aliphatic heterocycles. The predicted octanol–water partition coefficient (Wildman–Crippen LogP) is 1.47. The molecule has 9 heteroatoms. The number of nitrogens with zero attached hydrogens (tertiary/aromatic N) is 6. The molecule has 134 valence electrons. The summed E-state index contributed by atoms with van der Waals surface area (Å²) in [6, 6.07) is 5.81. The van der Waals surface area contributed by atoms with E-state index in [9.17, 15) is 4.79 Å². The van der Waals surface area contributed by atoms with Gasteiger partial charge in [0.2, 0.25) is 0 Å². The smallest absolute Gasteiger partial charge is 0.318 e. The van der Waals surface area contributed by atoms with Crippen molar-refractivity contribution in [1.82, 2.24) is 40.2 Å². The quantitative estimate of drug-likeness (QED) is 0.699. The Hall–Kier alpha value is -3.23. The summed E-state index contributed by atoms with van der Waals surface area (Å²) in [5.41, 5.74) is 1.89. The summed E-state index contributed by atoms with van der Waals surface area (Å²) < 4.78 is 1.79. The van der Waals surface area contributed by atoms with Gasteiger partial charge in [-0.25, -0.2) is 9.78 Å². The number of aryl methyl sites for hydroxylation is 1. The van der Waals surface area contributed by atoms with Gasteiger partial charge in [-0.05, 0) is 31.0 Å². The zero-order valence-corrected chi connectivity index (χ0v) is 14.5. The number of hydrogen-bond acceptors (Lipinski definition) is 5. The normalized spacial score (nSPS) is 13.6. The molecule has 0 aromatic carbocycles. The van der Waals surface area contributed by atoms with Gasteiger partial charge in [-0.1, -0.05) is 0 Å². The van der Waals surface area contributed by atoms with E-state index in [1.807, 2.05) is 30.1 Å². The maximum atomic E-state index is 12.6. The van der Waals surface area contributed by atoms with Crippen LogP contribution in [0.2, 0.25) is 0 Å². The number of carbonyl (C=O) groups is 1. The molecule has 0 radical (unpaired) electrons. The molecular weight excluding hydrogens is 332 g/mol. The van der Waals surface area contributed by atoms with Crippen molar-refractivity contribution in [3.05, 3.63) is 48.3 Å². The van der Waals surface area contributed by atoms with Gasteiger partial charge in [-0.2, -0.15) is 10.2 Å². The molecule has 0 saturated heterocycles. The van der Waals surface area contributed by atoms with Gasteiger partial charge in [-0.3, -0.25) is 14.8 Å². The van der Waals surface area contributed by atoms with Gasteiger partial charge in [0.1, 0.15) is 5.82 Å². The molecule has 0 bridgehead atoms. The number of aromatic amines is 1. The molecular formula is C17H20N8O. The molecule has 1 saturated carbocycles. The molecule has 4 rings (SSSR count). The average Bonchev–Trinajstić information content (AvgIpc) is 3.25. The molecule has 0 unspecified atom stereocenters. The van der Waals surface area contributed by atoms with Crippen molar-refractivity contribution in [3.8, 4) is 11.4 Å². The first-order valence-electron chi connectivity index (χ1n) is 8.54. The summed E-state index contributed by atoms with van der Waals surface area (Å²) in [6.45, 7) is 0.844. The molecule has 3 aromatic rings. The SMILES string of the molecule is Cn1nccc1CN(C(=O)NCc1nc(-c2ccncc2)n[nH]1)C1CC1. The van der Waals surface area contributed by atoms with Gasteiger partial charge in [0.05, 0.1) is 18.8 Å².